The molecule has 124 valence electrons. The molecule has 1 amide bonds. The van der Waals surface area contributed by atoms with E-state index in [4.69, 9.17) is 0 Å². The van der Waals surface area contributed by atoms with Gasteiger partial charge in [0.05, 0.1) is 12.0 Å². The number of amides is 1. The van der Waals surface area contributed by atoms with Crippen LogP contribution in [0, 0.1) is 11.8 Å². The summed E-state index contributed by atoms with van der Waals surface area (Å²) in [7, 11) is 0. The number of hydrogen-bond donors (Lipinski definition) is 1. The second-order valence-corrected chi connectivity index (χ2v) is 5.84. The summed E-state index contributed by atoms with van der Waals surface area (Å²) in [6.07, 6.45) is -1.85. The van der Waals surface area contributed by atoms with E-state index in [1.54, 1.807) is 4.90 Å². The zero-order valence-electron chi connectivity index (χ0n) is 13.2. The summed E-state index contributed by atoms with van der Waals surface area (Å²) in [4.78, 5) is 14.2. The van der Waals surface area contributed by atoms with Gasteiger partial charge in [0, 0.05) is 19.6 Å². The molecule has 0 spiro atoms. The molecule has 0 aromatic heterocycles. The Bertz CT molecular complexity index is 321. The highest BCUT2D eigenvalue weighted by atomic mass is 19.4. The van der Waals surface area contributed by atoms with Crippen molar-refractivity contribution in [2.45, 2.75) is 58.7 Å². The van der Waals surface area contributed by atoms with E-state index in [0.717, 1.165) is 12.8 Å². The molecule has 1 N–H and O–H groups in total. The summed E-state index contributed by atoms with van der Waals surface area (Å²) < 4.78 is 37.9. The third-order valence-corrected chi connectivity index (χ3v) is 4.50. The van der Waals surface area contributed by atoms with Crippen LogP contribution < -0.4 is 5.32 Å². The molecule has 1 aliphatic rings. The Labute approximate surface area is 125 Å². The number of nitrogens with zero attached hydrogens (tertiary/aromatic N) is 1. The van der Waals surface area contributed by atoms with Gasteiger partial charge in [0.2, 0.25) is 5.91 Å². The van der Waals surface area contributed by atoms with Gasteiger partial charge in [-0.05, 0) is 25.7 Å². The van der Waals surface area contributed by atoms with Crippen molar-refractivity contribution in [2.75, 3.05) is 19.6 Å². The van der Waals surface area contributed by atoms with Gasteiger partial charge in [-0.3, -0.25) is 4.79 Å². The summed E-state index contributed by atoms with van der Waals surface area (Å²) >= 11 is 0. The van der Waals surface area contributed by atoms with E-state index in [9.17, 15) is 18.0 Å². The maximum absolute atomic E-state index is 12.6. The largest absolute Gasteiger partial charge is 0.393 e. The molecule has 1 heterocycles. The molecule has 0 aromatic rings. The molecule has 2 atom stereocenters. The molecule has 21 heavy (non-hydrogen) atoms. The number of carbonyl (C=O) groups is 1. The second-order valence-electron chi connectivity index (χ2n) is 5.84. The molecular formula is C15H27F3N2O. The van der Waals surface area contributed by atoms with E-state index >= 15 is 0 Å². The fraction of sp³-hybridized carbons (Fsp3) is 0.933. The van der Waals surface area contributed by atoms with Crippen molar-refractivity contribution in [1.29, 1.82) is 0 Å². The van der Waals surface area contributed by atoms with Crippen LogP contribution in [-0.2, 0) is 4.79 Å². The van der Waals surface area contributed by atoms with E-state index in [-0.39, 0.29) is 25.3 Å². The van der Waals surface area contributed by atoms with E-state index in [1.807, 2.05) is 6.92 Å². The SMILES string of the molecule is CCC(CC)CN(CC)C(=O)C1CCC(C(F)(F)F)CN1. The first-order valence-corrected chi connectivity index (χ1v) is 7.92. The lowest BCUT2D eigenvalue weighted by atomic mass is 9.93. The predicted molar refractivity (Wildman–Crippen MR) is 76.9 cm³/mol. The number of hydrogen-bond acceptors (Lipinski definition) is 2. The van der Waals surface area contributed by atoms with Crippen LogP contribution in [0.4, 0.5) is 13.2 Å². The van der Waals surface area contributed by atoms with E-state index in [2.05, 4.69) is 19.2 Å². The lowest BCUT2D eigenvalue weighted by molar-refractivity contribution is -0.180. The number of alkyl halides is 3. The third-order valence-electron chi connectivity index (χ3n) is 4.50. The van der Waals surface area contributed by atoms with Gasteiger partial charge in [0.15, 0.2) is 0 Å². The van der Waals surface area contributed by atoms with Gasteiger partial charge in [-0.25, -0.2) is 0 Å². The number of rotatable bonds is 6. The molecule has 1 aliphatic heterocycles. The van der Waals surface area contributed by atoms with Crippen LogP contribution in [0.15, 0.2) is 0 Å². The van der Waals surface area contributed by atoms with Gasteiger partial charge < -0.3 is 10.2 Å². The summed E-state index contributed by atoms with van der Waals surface area (Å²) in [5.74, 6) is -0.916. The topological polar surface area (TPSA) is 32.3 Å². The minimum absolute atomic E-state index is 0.0371. The first-order chi connectivity index (χ1) is 9.83. The molecule has 0 radical (unpaired) electrons. The van der Waals surface area contributed by atoms with Gasteiger partial charge in [-0.15, -0.1) is 0 Å². The van der Waals surface area contributed by atoms with E-state index in [0.29, 0.717) is 19.0 Å². The third kappa shape index (κ3) is 5.16. The molecule has 0 aromatic carbocycles. The second kappa shape index (κ2) is 8.01. The number of halogens is 3. The van der Waals surface area contributed by atoms with Crippen LogP contribution in [0.2, 0.25) is 0 Å². The quantitative estimate of drug-likeness (QED) is 0.817. The van der Waals surface area contributed by atoms with Crippen molar-refractivity contribution in [3.8, 4) is 0 Å². The standard InChI is InChI=1S/C15H27F3N2O/c1-4-11(5-2)10-20(6-3)14(21)13-8-7-12(9-19-13)15(16,17)18/h11-13,19H,4-10H2,1-3H3. The summed E-state index contributed by atoms with van der Waals surface area (Å²) in [5.41, 5.74) is 0. The zero-order valence-corrected chi connectivity index (χ0v) is 13.2. The number of nitrogens with one attached hydrogen (secondary N) is 1. The molecule has 6 heteroatoms. The Hall–Kier alpha value is -0.780. The smallest absolute Gasteiger partial charge is 0.341 e. The minimum atomic E-state index is -4.17. The monoisotopic (exact) mass is 308 g/mol. The van der Waals surface area contributed by atoms with Crippen molar-refractivity contribution in [3.05, 3.63) is 0 Å². The van der Waals surface area contributed by atoms with Crippen molar-refractivity contribution in [1.82, 2.24) is 10.2 Å². The van der Waals surface area contributed by atoms with Crippen molar-refractivity contribution < 1.29 is 18.0 Å². The maximum atomic E-state index is 12.6. The minimum Gasteiger partial charge on any atom is -0.341 e. The number of piperidine rings is 1. The molecule has 1 saturated heterocycles. The highest BCUT2D eigenvalue weighted by Gasteiger charge is 2.42. The molecule has 0 saturated carbocycles. The zero-order chi connectivity index (χ0) is 16.0. The van der Waals surface area contributed by atoms with Crippen molar-refractivity contribution in [3.63, 3.8) is 0 Å². The fourth-order valence-corrected chi connectivity index (χ4v) is 2.80. The van der Waals surface area contributed by atoms with E-state index < -0.39 is 18.1 Å². The molecular weight excluding hydrogens is 281 g/mol. The fourth-order valence-electron chi connectivity index (χ4n) is 2.80. The molecule has 3 nitrogen and oxygen atoms in total. The predicted octanol–water partition coefficient (Wildman–Crippen LogP) is 3.20. The van der Waals surface area contributed by atoms with Crippen LogP contribution in [0.5, 0.6) is 0 Å². The lowest BCUT2D eigenvalue weighted by Crippen LogP contribution is -2.53. The summed E-state index contributed by atoms with van der Waals surface area (Å²) in [6, 6.07) is -0.460. The Morgan fingerprint density at radius 3 is 2.24 bits per heavy atom. The maximum Gasteiger partial charge on any atom is 0.393 e. The molecule has 0 aliphatic carbocycles. The van der Waals surface area contributed by atoms with Crippen LogP contribution in [0.3, 0.4) is 0 Å². The average Bonchev–Trinajstić information content (AvgIpc) is 2.47. The van der Waals surface area contributed by atoms with Gasteiger partial charge in [-0.1, -0.05) is 26.7 Å². The van der Waals surface area contributed by atoms with Gasteiger partial charge in [0.25, 0.3) is 0 Å². The molecule has 2 unspecified atom stereocenters. The Morgan fingerprint density at radius 1 is 1.24 bits per heavy atom. The average molecular weight is 308 g/mol. The van der Waals surface area contributed by atoms with Crippen molar-refractivity contribution >= 4 is 5.91 Å². The van der Waals surface area contributed by atoms with Crippen LogP contribution in [0.25, 0.3) is 0 Å². The van der Waals surface area contributed by atoms with Gasteiger partial charge in [0.1, 0.15) is 0 Å². The molecule has 0 bridgehead atoms. The van der Waals surface area contributed by atoms with Crippen LogP contribution >= 0.6 is 0 Å². The van der Waals surface area contributed by atoms with Crippen molar-refractivity contribution in [2.24, 2.45) is 11.8 Å². The number of carbonyl (C=O) groups excluding carboxylic acids is 1. The highest BCUT2D eigenvalue weighted by Crippen LogP contribution is 2.32. The van der Waals surface area contributed by atoms with Crippen LogP contribution in [0.1, 0.15) is 46.5 Å². The van der Waals surface area contributed by atoms with Gasteiger partial charge in [-0.2, -0.15) is 13.2 Å². The molecule has 1 fully saturated rings. The van der Waals surface area contributed by atoms with Gasteiger partial charge >= 0.3 is 6.18 Å². The Kier molecular flexibility index (Phi) is 6.97. The highest BCUT2D eigenvalue weighted by molar-refractivity contribution is 5.82. The Morgan fingerprint density at radius 2 is 1.86 bits per heavy atom. The normalized spacial score (nSPS) is 23.4. The lowest BCUT2D eigenvalue weighted by Gasteiger charge is -2.34. The first-order valence-electron chi connectivity index (χ1n) is 7.92. The summed E-state index contributed by atoms with van der Waals surface area (Å²) in [5, 5.41) is 2.79. The van der Waals surface area contributed by atoms with Crippen LogP contribution in [-0.4, -0.2) is 42.7 Å². The molecule has 1 rings (SSSR count). The first kappa shape index (κ1) is 18.3. The van der Waals surface area contributed by atoms with E-state index in [1.165, 1.54) is 0 Å². The summed E-state index contributed by atoms with van der Waals surface area (Å²) in [6.45, 7) is 7.27. The number of likely N-dealkylation sites (N-methyl/N-ethyl adjacent to an activating group) is 1. The Balaban J connectivity index is 2.55.